The van der Waals surface area contributed by atoms with E-state index in [4.69, 9.17) is 9.47 Å². The molecular formula is C9H12N2O2. The van der Waals surface area contributed by atoms with Gasteiger partial charge in [-0.15, -0.1) is 0 Å². The van der Waals surface area contributed by atoms with Gasteiger partial charge in [0.1, 0.15) is 0 Å². The average molecular weight is 180 g/mol. The van der Waals surface area contributed by atoms with E-state index >= 15 is 0 Å². The van der Waals surface area contributed by atoms with Crippen LogP contribution in [-0.2, 0) is 4.74 Å². The molecule has 4 nitrogen and oxygen atoms in total. The van der Waals surface area contributed by atoms with Gasteiger partial charge in [0.25, 0.3) is 0 Å². The van der Waals surface area contributed by atoms with Crippen molar-refractivity contribution >= 4 is 5.76 Å². The van der Waals surface area contributed by atoms with Gasteiger partial charge < -0.3 is 9.47 Å². The first-order chi connectivity index (χ1) is 6.27. The number of ether oxygens (including phenoxy) is 2. The molecule has 0 radical (unpaired) electrons. The zero-order valence-electron chi connectivity index (χ0n) is 7.78. The van der Waals surface area contributed by atoms with E-state index in [-0.39, 0.29) is 0 Å². The summed E-state index contributed by atoms with van der Waals surface area (Å²) in [5.74, 6) is 1.42. The van der Waals surface area contributed by atoms with Crippen LogP contribution in [0, 0.1) is 0 Å². The summed E-state index contributed by atoms with van der Waals surface area (Å²) in [5, 5.41) is 0. The molecule has 1 rings (SSSR count). The Hall–Kier alpha value is -1.58. The van der Waals surface area contributed by atoms with E-state index in [0.717, 1.165) is 0 Å². The van der Waals surface area contributed by atoms with Crippen LogP contribution in [0.3, 0.4) is 0 Å². The second-order valence-electron chi connectivity index (χ2n) is 2.28. The zero-order valence-corrected chi connectivity index (χ0v) is 7.78. The van der Waals surface area contributed by atoms with Crippen LogP contribution in [0.5, 0.6) is 5.88 Å². The Morgan fingerprint density at radius 1 is 1.62 bits per heavy atom. The highest BCUT2D eigenvalue weighted by atomic mass is 16.5. The maximum absolute atomic E-state index is 5.15. The maximum atomic E-state index is 5.15. The fraction of sp³-hybridized carbons (Fsp3) is 0.333. The molecule has 1 heterocycles. The fourth-order valence-corrected chi connectivity index (χ4v) is 0.829. The van der Waals surface area contributed by atoms with Crippen molar-refractivity contribution in [3.63, 3.8) is 0 Å². The van der Waals surface area contributed by atoms with Crippen LogP contribution in [0.25, 0.3) is 5.76 Å². The maximum Gasteiger partial charge on any atom is 0.216 e. The van der Waals surface area contributed by atoms with E-state index in [0.29, 0.717) is 24.1 Å². The molecule has 4 heteroatoms. The molecule has 0 atom stereocenters. The van der Waals surface area contributed by atoms with Crippen molar-refractivity contribution < 1.29 is 9.47 Å². The quantitative estimate of drug-likeness (QED) is 0.658. The molecule has 0 spiro atoms. The molecule has 0 saturated heterocycles. The molecule has 0 aliphatic heterocycles. The van der Waals surface area contributed by atoms with Gasteiger partial charge in [-0.05, 0) is 6.92 Å². The largest absolute Gasteiger partial charge is 0.491 e. The van der Waals surface area contributed by atoms with Crippen LogP contribution in [-0.4, -0.2) is 23.7 Å². The molecule has 13 heavy (non-hydrogen) atoms. The van der Waals surface area contributed by atoms with Gasteiger partial charge in [-0.1, -0.05) is 6.58 Å². The molecule has 70 valence electrons. The molecule has 0 saturated carbocycles. The predicted octanol–water partition coefficient (Wildman–Crippen LogP) is 1.49. The third-order valence-electron chi connectivity index (χ3n) is 1.41. The summed E-state index contributed by atoms with van der Waals surface area (Å²) in [5.41, 5.74) is 0. The normalized spacial score (nSPS) is 9.38. The van der Waals surface area contributed by atoms with Gasteiger partial charge >= 0.3 is 0 Å². The van der Waals surface area contributed by atoms with Crippen molar-refractivity contribution in [3.05, 3.63) is 24.7 Å². The molecule has 0 aliphatic rings. The third-order valence-corrected chi connectivity index (χ3v) is 1.41. The Balaban J connectivity index is 2.82. The van der Waals surface area contributed by atoms with Gasteiger partial charge in [-0.25, -0.2) is 4.98 Å². The summed E-state index contributed by atoms with van der Waals surface area (Å²) < 4.78 is 10.1. The lowest BCUT2D eigenvalue weighted by Crippen LogP contribution is -1.98. The summed E-state index contributed by atoms with van der Waals surface area (Å²) in [6.45, 7) is 6.12. The highest BCUT2D eigenvalue weighted by molar-refractivity contribution is 5.49. The van der Waals surface area contributed by atoms with E-state index in [1.54, 1.807) is 19.4 Å². The molecule has 0 N–H and O–H groups in total. The van der Waals surface area contributed by atoms with Gasteiger partial charge in [-0.3, -0.25) is 0 Å². The topological polar surface area (TPSA) is 44.2 Å². The van der Waals surface area contributed by atoms with Crippen molar-refractivity contribution in [3.8, 4) is 5.88 Å². The van der Waals surface area contributed by atoms with Crippen LogP contribution in [0.2, 0.25) is 0 Å². The lowest BCUT2D eigenvalue weighted by atomic mass is 10.5. The summed E-state index contributed by atoms with van der Waals surface area (Å²) in [6.07, 6.45) is 1.60. The first kappa shape index (κ1) is 9.51. The lowest BCUT2D eigenvalue weighted by Gasteiger charge is -2.05. The summed E-state index contributed by atoms with van der Waals surface area (Å²) in [6, 6.07) is 1.67. The van der Waals surface area contributed by atoms with Gasteiger partial charge in [0.05, 0.1) is 13.7 Å². The summed E-state index contributed by atoms with van der Waals surface area (Å²) in [7, 11) is 1.55. The monoisotopic (exact) mass is 180 g/mol. The molecular weight excluding hydrogens is 168 g/mol. The van der Waals surface area contributed by atoms with Crippen molar-refractivity contribution in [2.45, 2.75) is 6.92 Å². The van der Waals surface area contributed by atoms with Crippen molar-refractivity contribution in [2.75, 3.05) is 13.7 Å². The van der Waals surface area contributed by atoms with Crippen molar-refractivity contribution in [1.29, 1.82) is 0 Å². The molecule has 0 unspecified atom stereocenters. The number of hydrogen-bond donors (Lipinski definition) is 0. The van der Waals surface area contributed by atoms with E-state index in [2.05, 4.69) is 16.5 Å². The number of rotatable bonds is 4. The molecule has 0 fully saturated rings. The van der Waals surface area contributed by atoms with Crippen molar-refractivity contribution in [2.24, 2.45) is 0 Å². The zero-order chi connectivity index (χ0) is 9.68. The Morgan fingerprint density at radius 3 is 3.00 bits per heavy atom. The third kappa shape index (κ3) is 2.43. The minimum atomic E-state index is 0.459. The summed E-state index contributed by atoms with van der Waals surface area (Å²) >= 11 is 0. The summed E-state index contributed by atoms with van der Waals surface area (Å²) in [4.78, 5) is 8.04. The Kier molecular flexibility index (Phi) is 3.25. The average Bonchev–Trinajstić information content (AvgIpc) is 2.18. The van der Waals surface area contributed by atoms with Gasteiger partial charge in [0, 0.05) is 12.3 Å². The van der Waals surface area contributed by atoms with Crippen LogP contribution in [0.4, 0.5) is 0 Å². The van der Waals surface area contributed by atoms with E-state index < -0.39 is 0 Å². The first-order valence-electron chi connectivity index (χ1n) is 3.97. The smallest absolute Gasteiger partial charge is 0.216 e. The number of nitrogens with zero attached hydrogens (tertiary/aromatic N) is 2. The molecule has 0 amide bonds. The molecule has 1 aromatic heterocycles. The van der Waals surface area contributed by atoms with Gasteiger partial charge in [0.2, 0.25) is 5.88 Å². The second kappa shape index (κ2) is 4.45. The van der Waals surface area contributed by atoms with Crippen LogP contribution in [0.1, 0.15) is 12.7 Å². The fourth-order valence-electron chi connectivity index (χ4n) is 0.829. The Morgan fingerprint density at radius 2 is 2.38 bits per heavy atom. The number of methoxy groups -OCH3 is 1. The first-order valence-corrected chi connectivity index (χ1v) is 3.97. The van der Waals surface area contributed by atoms with Gasteiger partial charge in [0.15, 0.2) is 11.6 Å². The van der Waals surface area contributed by atoms with Crippen LogP contribution < -0.4 is 4.74 Å². The second-order valence-corrected chi connectivity index (χ2v) is 2.28. The molecule has 0 bridgehead atoms. The van der Waals surface area contributed by atoms with E-state index in [9.17, 15) is 0 Å². The van der Waals surface area contributed by atoms with Gasteiger partial charge in [-0.2, -0.15) is 4.98 Å². The standard InChI is InChI=1S/C9H12N2O2/c1-4-13-7(2)9-10-6-5-8(11-9)12-3/h5-6H,2,4H2,1,3H3. The van der Waals surface area contributed by atoms with E-state index in [1.807, 2.05) is 6.92 Å². The number of hydrogen-bond acceptors (Lipinski definition) is 4. The minimum absolute atomic E-state index is 0.459. The number of aromatic nitrogens is 2. The van der Waals surface area contributed by atoms with E-state index in [1.165, 1.54) is 0 Å². The van der Waals surface area contributed by atoms with Crippen LogP contribution >= 0.6 is 0 Å². The lowest BCUT2D eigenvalue weighted by molar-refractivity contribution is 0.295. The minimum Gasteiger partial charge on any atom is -0.491 e. The SMILES string of the molecule is C=C(OCC)c1nccc(OC)n1. The molecule has 1 aromatic rings. The highest BCUT2D eigenvalue weighted by Crippen LogP contribution is 2.11. The molecule has 0 aliphatic carbocycles. The van der Waals surface area contributed by atoms with Crippen molar-refractivity contribution in [1.82, 2.24) is 9.97 Å². The Bertz CT molecular complexity index is 299. The molecule has 0 aromatic carbocycles. The van der Waals surface area contributed by atoms with Crippen LogP contribution in [0.15, 0.2) is 18.8 Å². The highest BCUT2D eigenvalue weighted by Gasteiger charge is 2.03. The Labute approximate surface area is 77.2 Å². The predicted molar refractivity (Wildman–Crippen MR) is 49.2 cm³/mol.